The van der Waals surface area contributed by atoms with Crippen LogP contribution >= 0.6 is 7.82 Å². The molecule has 0 saturated heterocycles. The van der Waals surface area contributed by atoms with Gasteiger partial charge < -0.3 is 19.8 Å². The molecule has 12 heteroatoms. The van der Waals surface area contributed by atoms with E-state index in [1.54, 1.807) is 0 Å². The third-order valence-corrected chi connectivity index (χ3v) is 3.94. The smallest absolute Gasteiger partial charge is 0.394 e. The van der Waals surface area contributed by atoms with Gasteiger partial charge in [0.05, 0.1) is 19.3 Å². The number of hydrogen-bond acceptors (Lipinski definition) is 8. The van der Waals surface area contributed by atoms with Crippen LogP contribution < -0.4 is 11.2 Å². The van der Waals surface area contributed by atoms with Crippen LogP contribution in [0.2, 0.25) is 0 Å². The van der Waals surface area contributed by atoms with Gasteiger partial charge in [-0.05, 0) is 6.92 Å². The Hall–Kier alpha value is -1.33. The Morgan fingerprint density at radius 2 is 2.00 bits per heavy atom. The Morgan fingerprint density at radius 3 is 2.48 bits per heavy atom. The summed E-state index contributed by atoms with van der Waals surface area (Å²) in [5.74, 6) is 0. The highest BCUT2D eigenvalue weighted by Crippen LogP contribution is 2.44. The number of aliphatic hydroxyl groups excluding tert-OH is 2. The molecular formula is C11H19N2O9P. The molecule has 4 N–H and O–H groups in total. The third-order valence-electron chi connectivity index (χ3n) is 2.88. The quantitative estimate of drug-likeness (QED) is 0.389. The van der Waals surface area contributed by atoms with Crippen LogP contribution in [0.25, 0.3) is 0 Å². The van der Waals surface area contributed by atoms with Crippen molar-refractivity contribution in [1.29, 1.82) is 0 Å². The Labute approximate surface area is 130 Å². The molecule has 11 nitrogen and oxygen atoms in total. The lowest BCUT2D eigenvalue weighted by Gasteiger charge is -2.28. The Bertz CT molecular complexity index is 657. The molecular weight excluding hydrogens is 335 g/mol. The van der Waals surface area contributed by atoms with Gasteiger partial charge >= 0.3 is 13.5 Å². The molecule has 1 aromatic rings. The van der Waals surface area contributed by atoms with Crippen LogP contribution in [0.5, 0.6) is 0 Å². The summed E-state index contributed by atoms with van der Waals surface area (Å²) in [6.45, 7) is 0.0581. The highest BCUT2D eigenvalue weighted by atomic mass is 31.2. The second-order valence-electron chi connectivity index (χ2n) is 4.47. The summed E-state index contributed by atoms with van der Waals surface area (Å²) in [6.07, 6.45) is -2.39. The van der Waals surface area contributed by atoms with E-state index in [1.807, 2.05) is 4.98 Å². The van der Waals surface area contributed by atoms with Gasteiger partial charge in [-0.15, -0.1) is 0 Å². The van der Waals surface area contributed by atoms with Gasteiger partial charge in [-0.3, -0.25) is 23.4 Å². The van der Waals surface area contributed by atoms with Gasteiger partial charge in [0.2, 0.25) is 0 Å². The second-order valence-corrected chi connectivity index (χ2v) is 5.99. The summed E-state index contributed by atoms with van der Waals surface area (Å²) in [5, 5.41) is 18.7. The molecule has 0 radical (unpaired) electrons. The normalized spacial score (nSPS) is 18.1. The molecule has 1 aromatic heterocycles. The first-order valence-corrected chi connectivity index (χ1v) is 7.99. The summed E-state index contributed by atoms with van der Waals surface area (Å²) in [4.78, 5) is 33.9. The van der Waals surface area contributed by atoms with Crippen molar-refractivity contribution in [3.8, 4) is 0 Å². The molecule has 4 atom stereocenters. The fraction of sp³-hybridized carbons (Fsp3) is 0.636. The van der Waals surface area contributed by atoms with Gasteiger partial charge in [0, 0.05) is 19.4 Å². The van der Waals surface area contributed by atoms with Crippen molar-refractivity contribution in [1.82, 2.24) is 9.55 Å². The molecule has 0 fully saturated rings. The Kier molecular flexibility index (Phi) is 7.29. The molecule has 132 valence electrons. The van der Waals surface area contributed by atoms with Crippen molar-refractivity contribution in [2.45, 2.75) is 25.4 Å². The molecule has 1 unspecified atom stereocenters. The standard InChI is InChI=1S/C11H19N2O9P/c1-7(22-23(18,19)20-2)8(5-14)21-10(6-15)13-4-3-9(16)12-11(13)17/h3-4,7-8,10,14-15H,5-6H2,1-2H3,(H,18,19)(H,12,16,17)/t7-,8+,10+/m1/s1. The minimum atomic E-state index is -4.31. The average molecular weight is 354 g/mol. The summed E-state index contributed by atoms with van der Waals surface area (Å²) in [5.41, 5.74) is -1.45. The summed E-state index contributed by atoms with van der Waals surface area (Å²) >= 11 is 0. The summed E-state index contributed by atoms with van der Waals surface area (Å²) < 4.78 is 26.6. The molecule has 0 bridgehead atoms. The lowest BCUT2D eigenvalue weighted by atomic mass is 10.2. The SMILES string of the molecule is COP(=O)(O)O[C@H](C)[C@H](CO)O[C@@H](CO)n1ccc(=O)[nH]c1=O. The number of hydrogen-bond donors (Lipinski definition) is 4. The van der Waals surface area contributed by atoms with E-state index in [0.717, 1.165) is 23.9 Å². The maximum Gasteiger partial charge on any atom is 0.472 e. The zero-order chi connectivity index (χ0) is 17.6. The molecule has 1 heterocycles. The van der Waals surface area contributed by atoms with E-state index in [4.69, 9.17) is 9.26 Å². The van der Waals surface area contributed by atoms with Crippen molar-refractivity contribution < 1.29 is 33.5 Å². The second kappa shape index (κ2) is 8.50. The van der Waals surface area contributed by atoms with Crippen molar-refractivity contribution in [2.75, 3.05) is 20.3 Å². The number of phosphoric acid groups is 1. The molecule has 0 amide bonds. The monoisotopic (exact) mass is 354 g/mol. The first-order chi connectivity index (χ1) is 10.7. The van der Waals surface area contributed by atoms with Crippen molar-refractivity contribution in [3.05, 3.63) is 33.1 Å². The summed E-state index contributed by atoms with van der Waals surface area (Å²) in [6, 6.07) is 1.05. The molecule has 23 heavy (non-hydrogen) atoms. The largest absolute Gasteiger partial charge is 0.472 e. The molecule has 1 rings (SSSR count). The van der Waals surface area contributed by atoms with E-state index in [2.05, 4.69) is 4.52 Å². The summed E-state index contributed by atoms with van der Waals surface area (Å²) in [7, 11) is -3.34. The van der Waals surface area contributed by atoms with E-state index in [1.165, 1.54) is 6.92 Å². The van der Waals surface area contributed by atoms with E-state index in [0.29, 0.717) is 0 Å². The predicted octanol–water partition coefficient (Wildman–Crippen LogP) is -1.44. The Morgan fingerprint density at radius 1 is 1.35 bits per heavy atom. The maximum atomic E-state index is 11.7. The average Bonchev–Trinajstić information content (AvgIpc) is 2.49. The highest BCUT2D eigenvalue weighted by Gasteiger charge is 2.30. The highest BCUT2D eigenvalue weighted by molar-refractivity contribution is 7.47. The van der Waals surface area contributed by atoms with Gasteiger partial charge in [-0.25, -0.2) is 9.36 Å². The lowest BCUT2D eigenvalue weighted by molar-refractivity contribution is -0.132. The number of nitrogens with one attached hydrogen (secondary N) is 1. The Balaban J connectivity index is 2.92. The number of phosphoric ester groups is 1. The predicted molar refractivity (Wildman–Crippen MR) is 76.8 cm³/mol. The molecule has 0 aliphatic heterocycles. The van der Waals surface area contributed by atoms with Crippen molar-refractivity contribution in [2.24, 2.45) is 0 Å². The minimum absolute atomic E-state index is 0.625. The number of rotatable bonds is 9. The number of aromatic amines is 1. The zero-order valence-corrected chi connectivity index (χ0v) is 13.4. The maximum absolute atomic E-state index is 11.7. The molecule has 0 aromatic carbocycles. The van der Waals surface area contributed by atoms with Crippen LogP contribution in [0.15, 0.2) is 21.9 Å². The van der Waals surface area contributed by atoms with E-state index in [-0.39, 0.29) is 0 Å². The minimum Gasteiger partial charge on any atom is -0.394 e. The van der Waals surface area contributed by atoms with Crippen LogP contribution in [0, 0.1) is 0 Å². The van der Waals surface area contributed by atoms with Crippen LogP contribution in [-0.2, 0) is 18.3 Å². The number of H-pyrrole nitrogens is 1. The van der Waals surface area contributed by atoms with E-state index >= 15 is 0 Å². The zero-order valence-electron chi connectivity index (χ0n) is 12.5. The van der Waals surface area contributed by atoms with Gasteiger partial charge in [-0.2, -0.15) is 0 Å². The van der Waals surface area contributed by atoms with Crippen LogP contribution in [0.1, 0.15) is 13.2 Å². The van der Waals surface area contributed by atoms with Crippen molar-refractivity contribution >= 4 is 7.82 Å². The number of nitrogens with zero attached hydrogens (tertiary/aromatic N) is 1. The van der Waals surface area contributed by atoms with E-state index < -0.39 is 50.7 Å². The lowest BCUT2D eigenvalue weighted by Crippen LogP contribution is -2.39. The van der Waals surface area contributed by atoms with Gasteiger partial charge in [0.1, 0.15) is 6.10 Å². The number of ether oxygens (including phenoxy) is 1. The van der Waals surface area contributed by atoms with Gasteiger partial charge in [0.25, 0.3) is 5.56 Å². The van der Waals surface area contributed by atoms with E-state index in [9.17, 15) is 29.3 Å². The topological polar surface area (TPSA) is 160 Å². The first-order valence-electron chi connectivity index (χ1n) is 6.49. The first kappa shape index (κ1) is 19.7. The van der Waals surface area contributed by atoms with Crippen molar-refractivity contribution in [3.63, 3.8) is 0 Å². The molecule has 0 saturated carbocycles. The fourth-order valence-corrected chi connectivity index (χ4v) is 2.32. The number of aromatic nitrogens is 2. The fourth-order valence-electron chi connectivity index (χ4n) is 1.68. The molecule has 0 spiro atoms. The molecule has 0 aliphatic rings. The molecule has 0 aliphatic carbocycles. The van der Waals surface area contributed by atoms with Gasteiger partial charge in [-0.1, -0.05) is 0 Å². The van der Waals surface area contributed by atoms with Crippen LogP contribution in [-0.4, -0.2) is 57.2 Å². The van der Waals surface area contributed by atoms with Crippen LogP contribution in [0.4, 0.5) is 0 Å². The number of aliphatic hydroxyl groups is 2. The van der Waals surface area contributed by atoms with Crippen LogP contribution in [0.3, 0.4) is 0 Å². The van der Waals surface area contributed by atoms with Gasteiger partial charge in [0.15, 0.2) is 6.23 Å². The third kappa shape index (κ3) is 5.66.